The zero-order chi connectivity index (χ0) is 18.3. The number of nitrogens with zero attached hydrogens (tertiary/aromatic N) is 1. The van der Waals surface area contributed by atoms with E-state index in [0.717, 1.165) is 43.9 Å². The van der Waals surface area contributed by atoms with E-state index >= 15 is 0 Å². The maximum atomic E-state index is 13.0. The number of benzene rings is 1. The third-order valence-corrected chi connectivity index (χ3v) is 6.88. The lowest BCUT2D eigenvalue weighted by Gasteiger charge is -2.38. The van der Waals surface area contributed by atoms with E-state index in [1.807, 2.05) is 29.2 Å². The highest BCUT2D eigenvalue weighted by Gasteiger charge is 2.52. The van der Waals surface area contributed by atoms with Gasteiger partial charge in [0, 0.05) is 28.4 Å². The van der Waals surface area contributed by atoms with Crippen LogP contribution in [0.2, 0.25) is 5.02 Å². The molecule has 1 aliphatic heterocycles. The van der Waals surface area contributed by atoms with Gasteiger partial charge in [-0.1, -0.05) is 23.7 Å². The average molecular weight is 377 g/mol. The number of hydrogen-bond acceptors (Lipinski definition) is 3. The Balaban J connectivity index is 1.35. The van der Waals surface area contributed by atoms with Gasteiger partial charge in [-0.15, -0.1) is 0 Å². The lowest BCUT2D eigenvalue weighted by atomic mass is 9.78. The van der Waals surface area contributed by atoms with Crippen LogP contribution in [0.4, 0.5) is 0 Å². The van der Waals surface area contributed by atoms with E-state index in [0.29, 0.717) is 13.1 Å². The minimum absolute atomic E-state index is 0.0527. The fourth-order valence-corrected chi connectivity index (χ4v) is 5.43. The molecule has 26 heavy (non-hydrogen) atoms. The number of carbonyl (C=O) groups is 2. The minimum atomic E-state index is -1.03. The summed E-state index contributed by atoms with van der Waals surface area (Å²) in [6.07, 6.45) is 2.82. The molecule has 140 valence electrons. The molecule has 1 saturated heterocycles. The summed E-state index contributed by atoms with van der Waals surface area (Å²) < 4.78 is 0. The zero-order valence-electron chi connectivity index (χ0n) is 14.8. The Labute approximate surface area is 158 Å². The van der Waals surface area contributed by atoms with Gasteiger partial charge in [0.05, 0.1) is 26.2 Å². The second-order valence-corrected chi connectivity index (χ2v) is 8.52. The van der Waals surface area contributed by atoms with Crippen LogP contribution in [0.25, 0.3) is 0 Å². The van der Waals surface area contributed by atoms with Gasteiger partial charge in [-0.3, -0.25) is 4.79 Å². The number of carboxylic acids is 1. The van der Waals surface area contributed by atoms with Gasteiger partial charge in [-0.25, -0.2) is 0 Å². The third-order valence-electron chi connectivity index (χ3n) is 6.62. The van der Waals surface area contributed by atoms with E-state index in [1.54, 1.807) is 0 Å². The van der Waals surface area contributed by atoms with Crippen molar-refractivity contribution >= 4 is 23.5 Å². The number of quaternary nitrogens is 1. The van der Waals surface area contributed by atoms with Gasteiger partial charge < -0.3 is 19.7 Å². The molecular weight excluding hydrogens is 352 g/mol. The molecule has 2 bridgehead atoms. The number of carbonyl (C=O) groups excluding carboxylic acids is 2. The topological polar surface area (TPSA) is 64.9 Å². The molecule has 5 nitrogen and oxygen atoms in total. The second-order valence-electron chi connectivity index (χ2n) is 8.08. The van der Waals surface area contributed by atoms with Crippen LogP contribution in [-0.2, 0) is 16.1 Å². The molecule has 3 fully saturated rings. The van der Waals surface area contributed by atoms with Crippen molar-refractivity contribution in [1.29, 1.82) is 0 Å². The molecule has 2 saturated carbocycles. The molecule has 3 aliphatic rings. The maximum absolute atomic E-state index is 13.0. The summed E-state index contributed by atoms with van der Waals surface area (Å²) in [5.74, 6) is -1.50. The Kier molecular flexibility index (Phi) is 4.93. The number of fused-ring (bicyclic) bond motifs is 2. The van der Waals surface area contributed by atoms with Gasteiger partial charge in [0.15, 0.2) is 0 Å². The smallest absolute Gasteiger partial charge is 0.227 e. The van der Waals surface area contributed by atoms with Crippen molar-refractivity contribution in [1.82, 2.24) is 4.90 Å². The summed E-state index contributed by atoms with van der Waals surface area (Å²) in [6, 6.07) is 7.91. The number of aliphatic carboxylic acids is 1. The third kappa shape index (κ3) is 3.35. The molecule has 4 rings (SSSR count). The lowest BCUT2D eigenvalue weighted by molar-refractivity contribution is -0.917. The Morgan fingerprint density at radius 1 is 1.08 bits per heavy atom. The predicted octanol–water partition coefficient (Wildman–Crippen LogP) is -0.0207. The van der Waals surface area contributed by atoms with Crippen molar-refractivity contribution in [3.8, 4) is 0 Å². The molecule has 4 atom stereocenters. The number of piperazine rings is 1. The summed E-state index contributed by atoms with van der Waals surface area (Å²) in [5.41, 5.74) is 1.24. The van der Waals surface area contributed by atoms with Gasteiger partial charge in [0.25, 0.3) is 0 Å². The monoisotopic (exact) mass is 376 g/mol. The van der Waals surface area contributed by atoms with E-state index in [9.17, 15) is 14.7 Å². The van der Waals surface area contributed by atoms with Crippen LogP contribution in [0.3, 0.4) is 0 Å². The first kappa shape index (κ1) is 17.8. The first-order valence-corrected chi connectivity index (χ1v) is 9.98. The molecule has 1 aromatic rings. The molecule has 6 heteroatoms. The van der Waals surface area contributed by atoms with Gasteiger partial charge in [0.1, 0.15) is 6.54 Å². The van der Waals surface area contributed by atoms with Crippen LogP contribution in [0.15, 0.2) is 24.3 Å². The normalized spacial score (nSPS) is 31.3. The highest BCUT2D eigenvalue weighted by Crippen LogP contribution is 2.52. The highest BCUT2D eigenvalue weighted by atomic mass is 35.5. The summed E-state index contributed by atoms with van der Waals surface area (Å²) >= 11 is 5.93. The van der Waals surface area contributed by atoms with Crippen molar-refractivity contribution in [3.63, 3.8) is 0 Å². The molecule has 0 unspecified atom stereocenters. The van der Waals surface area contributed by atoms with E-state index in [4.69, 9.17) is 11.6 Å². The summed E-state index contributed by atoms with van der Waals surface area (Å²) in [5, 5.41) is 12.3. The van der Waals surface area contributed by atoms with E-state index in [-0.39, 0.29) is 23.7 Å². The van der Waals surface area contributed by atoms with Crippen LogP contribution in [0.1, 0.15) is 24.8 Å². The van der Waals surface area contributed by atoms with Crippen molar-refractivity contribution < 1.29 is 19.6 Å². The van der Waals surface area contributed by atoms with Crippen LogP contribution in [0, 0.1) is 23.7 Å². The number of halogens is 1. The average Bonchev–Trinajstić information content (AvgIpc) is 3.25. The SMILES string of the molecule is O=C([O-])[C@H]1[C@@H]2CC[C@H](C2)[C@H]1C(=O)N1CC[NH+](Cc2ccc(Cl)cc2)CC1. The number of carboxylic acid groups (broad SMARTS) is 1. The molecule has 1 amide bonds. The van der Waals surface area contributed by atoms with Crippen LogP contribution >= 0.6 is 11.6 Å². The van der Waals surface area contributed by atoms with E-state index in [1.165, 1.54) is 10.5 Å². The molecule has 1 heterocycles. The zero-order valence-corrected chi connectivity index (χ0v) is 15.6. The molecular formula is C20H25ClN2O3. The molecule has 0 radical (unpaired) electrons. The Bertz CT molecular complexity index is 685. The quantitative estimate of drug-likeness (QED) is 0.803. The Morgan fingerprint density at radius 3 is 2.31 bits per heavy atom. The van der Waals surface area contributed by atoms with Crippen molar-refractivity contribution in [2.24, 2.45) is 23.7 Å². The summed E-state index contributed by atoms with van der Waals surface area (Å²) in [7, 11) is 0. The fourth-order valence-electron chi connectivity index (χ4n) is 5.31. The first-order valence-electron chi connectivity index (χ1n) is 9.60. The fraction of sp³-hybridized carbons (Fsp3) is 0.600. The van der Waals surface area contributed by atoms with Crippen molar-refractivity contribution in [2.75, 3.05) is 26.2 Å². The number of amides is 1. The molecule has 0 aromatic heterocycles. The van der Waals surface area contributed by atoms with Crippen LogP contribution < -0.4 is 10.0 Å². The van der Waals surface area contributed by atoms with Gasteiger partial charge in [-0.05, 0) is 43.2 Å². The lowest BCUT2D eigenvalue weighted by Crippen LogP contribution is -3.13. The number of rotatable bonds is 4. The van der Waals surface area contributed by atoms with Gasteiger partial charge in [0.2, 0.25) is 5.91 Å². The van der Waals surface area contributed by atoms with Crippen molar-refractivity contribution in [2.45, 2.75) is 25.8 Å². The van der Waals surface area contributed by atoms with Crippen LogP contribution in [0.5, 0.6) is 0 Å². The molecule has 0 spiro atoms. The second kappa shape index (κ2) is 7.20. The molecule has 1 aromatic carbocycles. The van der Waals surface area contributed by atoms with E-state index in [2.05, 4.69) is 0 Å². The van der Waals surface area contributed by atoms with E-state index < -0.39 is 11.9 Å². The predicted molar refractivity (Wildman–Crippen MR) is 95.3 cm³/mol. The Hall–Kier alpha value is -1.59. The summed E-state index contributed by atoms with van der Waals surface area (Å²) in [4.78, 5) is 27.9. The largest absolute Gasteiger partial charge is 0.550 e. The molecule has 1 N–H and O–H groups in total. The number of hydrogen-bond donors (Lipinski definition) is 1. The van der Waals surface area contributed by atoms with Crippen molar-refractivity contribution in [3.05, 3.63) is 34.9 Å². The Morgan fingerprint density at radius 2 is 1.69 bits per heavy atom. The molecule has 2 aliphatic carbocycles. The summed E-state index contributed by atoms with van der Waals surface area (Å²) in [6.45, 7) is 4.12. The first-order chi connectivity index (χ1) is 12.5. The minimum Gasteiger partial charge on any atom is -0.550 e. The maximum Gasteiger partial charge on any atom is 0.227 e. The highest BCUT2D eigenvalue weighted by molar-refractivity contribution is 6.30. The standard InChI is InChI=1S/C20H25ClN2O3/c21-16-5-1-13(2-6-16)12-22-7-9-23(10-8-22)19(24)17-14-3-4-15(11-14)18(17)20(25)26/h1-2,5-6,14-15,17-18H,3-4,7-12H2,(H,25,26)/t14-,15-,17-,18+/m1/s1. The number of nitrogens with one attached hydrogen (secondary N) is 1. The van der Waals surface area contributed by atoms with Crippen LogP contribution in [-0.4, -0.2) is 43.0 Å². The van der Waals surface area contributed by atoms with Gasteiger partial charge >= 0.3 is 0 Å². The van der Waals surface area contributed by atoms with Gasteiger partial charge in [-0.2, -0.15) is 0 Å².